The Kier molecular flexibility index (Phi) is 7.58. The fourth-order valence-corrected chi connectivity index (χ4v) is 4.15. The molecule has 0 unspecified atom stereocenters. The number of aliphatic imine (C=N–C) groups is 4. The summed E-state index contributed by atoms with van der Waals surface area (Å²) >= 11 is 3.18. The van der Waals surface area contributed by atoms with Crippen molar-refractivity contribution < 1.29 is 0 Å². The summed E-state index contributed by atoms with van der Waals surface area (Å²) in [6.07, 6.45) is 7.24. The Morgan fingerprint density at radius 3 is 1.61 bits per heavy atom. The molecular weight excluding hydrogens is 420 g/mol. The van der Waals surface area contributed by atoms with Gasteiger partial charge >= 0.3 is 0 Å². The molecule has 0 spiro atoms. The first-order valence-corrected chi connectivity index (χ1v) is 10.7. The molecule has 0 aliphatic rings. The van der Waals surface area contributed by atoms with Crippen LogP contribution in [0.25, 0.3) is 12.2 Å². The van der Waals surface area contributed by atoms with E-state index in [0.717, 1.165) is 19.5 Å². The van der Waals surface area contributed by atoms with Gasteiger partial charge in [0.2, 0.25) is 0 Å². The lowest BCUT2D eigenvalue weighted by atomic mass is 10.2. The molecule has 3 aromatic rings. The van der Waals surface area contributed by atoms with Gasteiger partial charge in [-0.15, -0.1) is 34.1 Å². The van der Waals surface area contributed by atoms with Gasteiger partial charge in [0.15, 0.2) is 0 Å². The van der Waals surface area contributed by atoms with Crippen LogP contribution >= 0.6 is 22.7 Å². The average Bonchev–Trinajstić information content (AvgIpc) is 3.41. The van der Waals surface area contributed by atoms with Gasteiger partial charge in [-0.05, 0) is 67.7 Å². The molecule has 0 saturated heterocycles. The first kappa shape index (κ1) is 21.8. The highest BCUT2D eigenvalue weighted by molar-refractivity contribution is 7.14. The number of rotatable bonds is 8. The second-order valence-corrected chi connectivity index (χ2v) is 8.25. The third-order valence-corrected chi connectivity index (χ3v) is 5.82. The van der Waals surface area contributed by atoms with Crippen LogP contribution in [0.1, 0.15) is 19.5 Å². The smallest absolute Gasteiger partial charge is 0.101 e. The number of hydrogen-bond acceptors (Lipinski definition) is 6. The van der Waals surface area contributed by atoms with Gasteiger partial charge in [-0.2, -0.15) is 0 Å². The zero-order valence-electron chi connectivity index (χ0n) is 16.7. The molecule has 1 aromatic carbocycles. The summed E-state index contributed by atoms with van der Waals surface area (Å²) in [4.78, 5) is 21.6. The van der Waals surface area contributed by atoms with Crippen LogP contribution < -0.4 is 0 Å². The van der Waals surface area contributed by atoms with Crippen molar-refractivity contribution in [2.45, 2.75) is 0 Å². The van der Waals surface area contributed by atoms with Gasteiger partial charge in [0.1, 0.15) is 5.69 Å². The molecule has 4 nitrogen and oxygen atoms in total. The van der Waals surface area contributed by atoms with Gasteiger partial charge in [-0.25, -0.2) is 4.99 Å². The van der Waals surface area contributed by atoms with Crippen molar-refractivity contribution >= 4 is 82.6 Å². The van der Waals surface area contributed by atoms with E-state index in [9.17, 15) is 0 Å². The van der Waals surface area contributed by atoms with E-state index >= 15 is 0 Å². The molecule has 0 aliphatic carbocycles. The number of thiophene rings is 2. The molecule has 3 rings (SSSR count). The molecule has 2 aromatic heterocycles. The molecule has 0 amide bonds. The Morgan fingerprint density at radius 2 is 1.16 bits per heavy atom. The Bertz CT molecular complexity index is 1320. The molecule has 150 valence electrons. The Morgan fingerprint density at radius 1 is 0.677 bits per heavy atom. The van der Waals surface area contributed by atoms with Crippen molar-refractivity contribution in [2.24, 2.45) is 20.0 Å². The lowest BCUT2D eigenvalue weighted by molar-refractivity contribution is 1.41. The summed E-state index contributed by atoms with van der Waals surface area (Å²) in [5.41, 5.74) is 8.01. The van der Waals surface area contributed by atoms with Gasteiger partial charge in [-0.3, -0.25) is 15.0 Å². The van der Waals surface area contributed by atoms with Crippen LogP contribution in [0, 0.1) is 0 Å². The van der Waals surface area contributed by atoms with Crippen LogP contribution in [-0.4, -0.2) is 25.0 Å². The van der Waals surface area contributed by atoms with Crippen LogP contribution in [0.15, 0.2) is 87.6 Å². The predicted octanol–water partition coefficient (Wildman–Crippen LogP) is 7.73. The molecule has 0 bridgehead atoms. The van der Waals surface area contributed by atoms with E-state index < -0.39 is 0 Å². The Balaban J connectivity index is 2.02. The maximum absolute atomic E-state index is 4.65. The summed E-state index contributed by atoms with van der Waals surface area (Å²) in [7, 11) is 0. The molecule has 2 heterocycles. The van der Waals surface area contributed by atoms with Crippen molar-refractivity contribution in [1.82, 2.24) is 0 Å². The third-order valence-electron chi connectivity index (χ3n) is 3.89. The lowest BCUT2D eigenvalue weighted by Gasteiger charge is -2.05. The highest BCUT2D eigenvalue weighted by Gasteiger charge is 2.08. The minimum absolute atomic E-state index is 0.576. The minimum atomic E-state index is 0.576. The maximum Gasteiger partial charge on any atom is 0.101 e. The molecule has 0 saturated carbocycles. The summed E-state index contributed by atoms with van der Waals surface area (Å²) in [5.74, 6) is 2.54. The molecule has 31 heavy (non-hydrogen) atoms. The van der Waals surface area contributed by atoms with Crippen LogP contribution in [0.4, 0.5) is 22.7 Å². The average molecular weight is 439 g/mol. The van der Waals surface area contributed by atoms with Crippen molar-refractivity contribution in [1.29, 1.82) is 0 Å². The highest BCUT2D eigenvalue weighted by Crippen LogP contribution is 2.40. The van der Waals surface area contributed by atoms with E-state index in [1.165, 1.54) is 0 Å². The van der Waals surface area contributed by atoms with Gasteiger partial charge < -0.3 is 0 Å². The van der Waals surface area contributed by atoms with Crippen molar-refractivity contribution in [3.8, 4) is 0 Å². The molecule has 6 heteroatoms. The van der Waals surface area contributed by atoms with Crippen molar-refractivity contribution in [3.63, 3.8) is 0 Å². The zero-order valence-corrected chi connectivity index (χ0v) is 18.3. The quantitative estimate of drug-likeness (QED) is 0.255. The fraction of sp³-hybridized carbons (Fsp3) is 0. The topological polar surface area (TPSA) is 49.4 Å². The van der Waals surface area contributed by atoms with E-state index in [1.807, 2.05) is 36.4 Å². The molecule has 0 radical (unpaired) electrons. The number of hydrogen-bond donors (Lipinski definition) is 0. The number of nitrogens with zero attached hydrogens (tertiary/aromatic N) is 4. The summed E-state index contributed by atoms with van der Waals surface area (Å²) in [5, 5.41) is 0. The molecular formula is C25H18N4S2. The standard InChI is InChI=1S/C25H18N4S2/c1-5-8-18-10-12-20(30-18)16-28-24-14-22(26-4)23(27-7-3)15-25(24)29-17-21-13-11-19(31-21)9-6-2/h8-17H,1-4H2. The SMILES string of the molecule is C=C=Cc1ccc(C=Nc2cc(N=C)c(N=C=C)cc2N=Cc2ccc(C=C=C)s2)s1. The second kappa shape index (κ2) is 10.8. The van der Waals surface area contributed by atoms with E-state index in [2.05, 4.69) is 63.8 Å². The van der Waals surface area contributed by atoms with Gasteiger partial charge in [0.05, 0.1) is 17.1 Å². The van der Waals surface area contributed by atoms with Gasteiger partial charge in [-0.1, -0.05) is 13.2 Å². The van der Waals surface area contributed by atoms with Gasteiger partial charge in [0, 0.05) is 31.9 Å². The monoisotopic (exact) mass is 438 g/mol. The largest absolute Gasteiger partial charge is 0.262 e. The minimum Gasteiger partial charge on any atom is -0.262 e. The lowest BCUT2D eigenvalue weighted by Crippen LogP contribution is -1.78. The van der Waals surface area contributed by atoms with Crippen LogP contribution in [-0.2, 0) is 0 Å². The maximum atomic E-state index is 4.65. The fourth-order valence-electron chi connectivity index (χ4n) is 2.56. The van der Waals surface area contributed by atoms with E-state index in [4.69, 9.17) is 0 Å². The second-order valence-electron chi connectivity index (χ2n) is 5.95. The van der Waals surface area contributed by atoms with E-state index in [1.54, 1.807) is 47.2 Å². The molecule has 0 aliphatic heterocycles. The van der Waals surface area contributed by atoms with E-state index in [-0.39, 0.29) is 0 Å². The van der Waals surface area contributed by atoms with Gasteiger partial charge in [0.25, 0.3) is 0 Å². The van der Waals surface area contributed by atoms with Crippen molar-refractivity contribution in [3.05, 3.63) is 87.1 Å². The Labute approximate surface area is 189 Å². The number of benzene rings is 1. The molecule has 0 fully saturated rings. The van der Waals surface area contributed by atoms with Crippen LogP contribution in [0.2, 0.25) is 0 Å². The predicted molar refractivity (Wildman–Crippen MR) is 139 cm³/mol. The zero-order chi connectivity index (χ0) is 22.1. The van der Waals surface area contributed by atoms with Crippen LogP contribution in [0.3, 0.4) is 0 Å². The summed E-state index contributed by atoms with van der Waals surface area (Å²) < 4.78 is 0. The normalized spacial score (nSPS) is 10.5. The van der Waals surface area contributed by atoms with Crippen molar-refractivity contribution in [2.75, 3.05) is 0 Å². The summed E-state index contributed by atoms with van der Waals surface area (Å²) in [6.45, 7) is 14.4. The van der Waals surface area contributed by atoms with E-state index in [0.29, 0.717) is 22.7 Å². The Hall–Kier alpha value is -3.88. The van der Waals surface area contributed by atoms with Crippen LogP contribution in [0.5, 0.6) is 0 Å². The summed E-state index contributed by atoms with van der Waals surface area (Å²) in [6, 6.07) is 11.6. The highest BCUT2D eigenvalue weighted by atomic mass is 32.1. The first-order valence-electron chi connectivity index (χ1n) is 9.04. The molecule has 0 atom stereocenters. The molecule has 0 N–H and O–H groups in total. The first-order chi connectivity index (χ1) is 15.2. The third kappa shape index (κ3) is 5.81.